The molecule has 1 fully saturated rings. The molecule has 108 valence electrons. The molecular formula is C14H31N3O. The zero-order chi connectivity index (χ0) is 13.4. The van der Waals surface area contributed by atoms with Crippen molar-refractivity contribution >= 4 is 0 Å². The Hall–Kier alpha value is -0.160. The van der Waals surface area contributed by atoms with Crippen molar-refractivity contribution in [2.75, 3.05) is 52.9 Å². The van der Waals surface area contributed by atoms with Crippen LogP contribution in [0, 0.1) is 0 Å². The van der Waals surface area contributed by atoms with Crippen molar-refractivity contribution < 1.29 is 5.11 Å². The molecule has 1 aliphatic heterocycles. The molecule has 1 unspecified atom stereocenters. The summed E-state index contributed by atoms with van der Waals surface area (Å²) in [6, 6.07) is 0. The van der Waals surface area contributed by atoms with Gasteiger partial charge < -0.3 is 20.2 Å². The fraction of sp³-hybridized carbons (Fsp3) is 1.00. The van der Waals surface area contributed by atoms with Gasteiger partial charge >= 0.3 is 0 Å². The number of nitrogens with zero attached hydrogens (tertiary/aromatic N) is 2. The molecule has 1 heterocycles. The topological polar surface area (TPSA) is 38.7 Å². The predicted molar refractivity (Wildman–Crippen MR) is 77.0 cm³/mol. The first-order valence-corrected chi connectivity index (χ1v) is 7.36. The van der Waals surface area contributed by atoms with Gasteiger partial charge in [-0.15, -0.1) is 0 Å². The maximum atomic E-state index is 9.55. The number of hydrogen-bond acceptors (Lipinski definition) is 4. The second kappa shape index (κ2) is 8.10. The lowest BCUT2D eigenvalue weighted by Gasteiger charge is -2.31. The van der Waals surface area contributed by atoms with E-state index in [1.54, 1.807) is 0 Å². The van der Waals surface area contributed by atoms with Crippen molar-refractivity contribution in [1.82, 2.24) is 15.1 Å². The highest BCUT2D eigenvalue weighted by Gasteiger charge is 2.23. The first-order chi connectivity index (χ1) is 8.59. The summed E-state index contributed by atoms with van der Waals surface area (Å²) in [5.41, 5.74) is -0.117. The molecular weight excluding hydrogens is 226 g/mol. The van der Waals surface area contributed by atoms with E-state index in [1.165, 1.54) is 19.5 Å². The van der Waals surface area contributed by atoms with E-state index in [2.05, 4.69) is 36.0 Å². The van der Waals surface area contributed by atoms with Crippen LogP contribution in [0.25, 0.3) is 0 Å². The highest BCUT2D eigenvalue weighted by Crippen LogP contribution is 2.11. The highest BCUT2D eigenvalue weighted by atomic mass is 16.3. The molecule has 0 amide bonds. The van der Waals surface area contributed by atoms with Gasteiger partial charge in [0.25, 0.3) is 0 Å². The van der Waals surface area contributed by atoms with E-state index in [4.69, 9.17) is 0 Å². The number of hydrogen-bond donors (Lipinski definition) is 2. The van der Waals surface area contributed by atoms with E-state index in [0.29, 0.717) is 0 Å². The van der Waals surface area contributed by atoms with Gasteiger partial charge in [-0.25, -0.2) is 0 Å². The van der Waals surface area contributed by atoms with Crippen LogP contribution in [-0.4, -0.2) is 73.4 Å². The molecule has 1 saturated heterocycles. The molecule has 1 rings (SSSR count). The lowest BCUT2D eigenvalue weighted by molar-refractivity contribution is 0.146. The van der Waals surface area contributed by atoms with Crippen molar-refractivity contribution in [1.29, 1.82) is 0 Å². The lowest BCUT2D eigenvalue weighted by atomic mass is 9.98. The predicted octanol–water partition coefficient (Wildman–Crippen LogP) is 0.765. The van der Waals surface area contributed by atoms with Gasteiger partial charge in [0, 0.05) is 25.2 Å². The molecule has 1 atom stereocenters. The maximum Gasteiger partial charge on any atom is 0.0611 e. The average molecular weight is 257 g/mol. The SMILES string of the molecule is CCCNC(C)(CO)CCN1CCCN(C)CC1. The molecule has 0 aromatic heterocycles. The van der Waals surface area contributed by atoms with Crippen LogP contribution in [0.5, 0.6) is 0 Å². The normalized spacial score (nSPS) is 22.7. The molecule has 0 saturated carbocycles. The summed E-state index contributed by atoms with van der Waals surface area (Å²) in [5.74, 6) is 0. The molecule has 4 heteroatoms. The van der Waals surface area contributed by atoms with Gasteiger partial charge in [-0.05, 0) is 52.9 Å². The standard InChI is InChI=1S/C14H31N3O/c1-4-7-15-14(2,13-18)6-10-17-9-5-8-16(3)11-12-17/h15,18H,4-13H2,1-3H3. The fourth-order valence-electron chi connectivity index (χ4n) is 2.38. The van der Waals surface area contributed by atoms with Crippen LogP contribution < -0.4 is 5.32 Å². The second-order valence-corrected chi connectivity index (χ2v) is 5.89. The van der Waals surface area contributed by atoms with E-state index in [1.807, 2.05) is 0 Å². The van der Waals surface area contributed by atoms with Crippen LogP contribution in [0.1, 0.15) is 33.1 Å². The molecule has 0 aliphatic carbocycles. The van der Waals surface area contributed by atoms with Crippen LogP contribution >= 0.6 is 0 Å². The summed E-state index contributed by atoms with van der Waals surface area (Å²) in [6.45, 7) is 11.3. The van der Waals surface area contributed by atoms with Crippen LogP contribution in [0.15, 0.2) is 0 Å². The van der Waals surface area contributed by atoms with Gasteiger partial charge in [0.15, 0.2) is 0 Å². The lowest BCUT2D eigenvalue weighted by Crippen LogP contribution is -2.48. The third-order valence-corrected chi connectivity index (χ3v) is 3.94. The maximum absolute atomic E-state index is 9.55. The number of aliphatic hydroxyl groups excluding tert-OH is 1. The molecule has 0 bridgehead atoms. The minimum Gasteiger partial charge on any atom is -0.394 e. The molecule has 0 aromatic carbocycles. The van der Waals surface area contributed by atoms with Gasteiger partial charge in [0.05, 0.1) is 6.61 Å². The summed E-state index contributed by atoms with van der Waals surface area (Å²) in [7, 11) is 2.20. The van der Waals surface area contributed by atoms with Gasteiger partial charge in [-0.2, -0.15) is 0 Å². The number of nitrogens with one attached hydrogen (secondary N) is 1. The highest BCUT2D eigenvalue weighted by molar-refractivity contribution is 4.83. The van der Waals surface area contributed by atoms with Gasteiger partial charge in [0.2, 0.25) is 0 Å². The molecule has 0 aromatic rings. The van der Waals surface area contributed by atoms with Gasteiger partial charge in [0.1, 0.15) is 0 Å². The molecule has 4 nitrogen and oxygen atoms in total. The Morgan fingerprint density at radius 3 is 2.67 bits per heavy atom. The first-order valence-electron chi connectivity index (χ1n) is 7.36. The Kier molecular flexibility index (Phi) is 7.15. The zero-order valence-electron chi connectivity index (χ0n) is 12.4. The number of rotatable bonds is 7. The van der Waals surface area contributed by atoms with Crippen LogP contribution in [0.3, 0.4) is 0 Å². The summed E-state index contributed by atoms with van der Waals surface area (Å²) < 4.78 is 0. The third kappa shape index (κ3) is 5.65. The van der Waals surface area contributed by atoms with E-state index in [0.717, 1.165) is 39.0 Å². The Morgan fingerprint density at radius 2 is 2.00 bits per heavy atom. The quantitative estimate of drug-likeness (QED) is 0.706. The summed E-state index contributed by atoms with van der Waals surface area (Å²) in [4.78, 5) is 4.94. The number of likely N-dealkylation sites (N-methyl/N-ethyl adjacent to an activating group) is 1. The first kappa shape index (κ1) is 15.9. The minimum absolute atomic E-state index is 0.117. The smallest absolute Gasteiger partial charge is 0.0611 e. The molecule has 1 aliphatic rings. The molecule has 0 spiro atoms. The number of aliphatic hydroxyl groups is 1. The molecule has 18 heavy (non-hydrogen) atoms. The Morgan fingerprint density at radius 1 is 1.22 bits per heavy atom. The zero-order valence-corrected chi connectivity index (χ0v) is 12.4. The van der Waals surface area contributed by atoms with Crippen LogP contribution in [-0.2, 0) is 0 Å². The van der Waals surface area contributed by atoms with Crippen molar-refractivity contribution in [3.8, 4) is 0 Å². The van der Waals surface area contributed by atoms with Crippen molar-refractivity contribution in [2.45, 2.75) is 38.6 Å². The van der Waals surface area contributed by atoms with Crippen molar-refractivity contribution in [3.05, 3.63) is 0 Å². The fourth-order valence-corrected chi connectivity index (χ4v) is 2.38. The average Bonchev–Trinajstić information content (AvgIpc) is 2.59. The van der Waals surface area contributed by atoms with Gasteiger partial charge in [-0.3, -0.25) is 0 Å². The minimum atomic E-state index is -0.117. The van der Waals surface area contributed by atoms with Gasteiger partial charge in [-0.1, -0.05) is 6.92 Å². The second-order valence-electron chi connectivity index (χ2n) is 5.89. The Balaban J connectivity index is 2.32. The monoisotopic (exact) mass is 257 g/mol. The van der Waals surface area contributed by atoms with E-state index in [-0.39, 0.29) is 12.1 Å². The summed E-state index contributed by atoms with van der Waals surface area (Å²) in [6.07, 6.45) is 3.39. The third-order valence-electron chi connectivity index (χ3n) is 3.94. The molecule has 2 N–H and O–H groups in total. The van der Waals surface area contributed by atoms with Crippen LogP contribution in [0.2, 0.25) is 0 Å². The van der Waals surface area contributed by atoms with Crippen molar-refractivity contribution in [3.63, 3.8) is 0 Å². The van der Waals surface area contributed by atoms with E-state index in [9.17, 15) is 5.11 Å². The largest absolute Gasteiger partial charge is 0.394 e. The Labute approximate surface area is 112 Å². The van der Waals surface area contributed by atoms with E-state index < -0.39 is 0 Å². The van der Waals surface area contributed by atoms with Crippen LogP contribution in [0.4, 0.5) is 0 Å². The summed E-state index contributed by atoms with van der Waals surface area (Å²) in [5, 5.41) is 13.0. The molecule has 0 radical (unpaired) electrons. The Bertz CT molecular complexity index is 225. The van der Waals surface area contributed by atoms with E-state index >= 15 is 0 Å². The van der Waals surface area contributed by atoms with Crippen molar-refractivity contribution in [2.24, 2.45) is 0 Å². The summed E-state index contributed by atoms with van der Waals surface area (Å²) >= 11 is 0.